The summed E-state index contributed by atoms with van der Waals surface area (Å²) in [6.45, 7) is 4.88. The number of ether oxygens (including phenoxy) is 1. The van der Waals surface area contributed by atoms with E-state index in [1.54, 1.807) is 0 Å². The Hall–Kier alpha value is -2.66. The van der Waals surface area contributed by atoms with Crippen molar-refractivity contribution < 1.29 is 4.74 Å². The Morgan fingerprint density at radius 1 is 1.15 bits per heavy atom. The van der Waals surface area contributed by atoms with Crippen molar-refractivity contribution in [3.8, 4) is 0 Å². The third-order valence-corrected chi connectivity index (χ3v) is 4.72. The number of nitrogens with two attached hydrogens (primary N) is 1. The highest BCUT2D eigenvalue weighted by Crippen LogP contribution is 2.30. The van der Waals surface area contributed by atoms with Crippen LogP contribution in [0.25, 0.3) is 23.1 Å². The van der Waals surface area contributed by atoms with Crippen LogP contribution in [0.15, 0.2) is 30.3 Å². The average molecular weight is 348 g/mol. The molecule has 0 amide bonds. The number of benzene rings is 1. The largest absolute Gasteiger partial charge is 0.399 e. The smallest absolute Gasteiger partial charge is 0.150 e. The Balaban J connectivity index is 1.76. The zero-order valence-electron chi connectivity index (χ0n) is 15.3. The third kappa shape index (κ3) is 3.35. The molecule has 0 bridgehead atoms. The number of aromatic nitrogens is 3. The topological polar surface area (TPSA) is 66.0 Å². The van der Waals surface area contributed by atoms with Crippen molar-refractivity contribution in [2.45, 2.75) is 39.3 Å². The van der Waals surface area contributed by atoms with Gasteiger partial charge < -0.3 is 10.5 Å². The normalized spacial score (nSPS) is 18.0. The summed E-state index contributed by atoms with van der Waals surface area (Å²) in [5.41, 5.74) is 11.8. The summed E-state index contributed by atoms with van der Waals surface area (Å²) in [5.74, 6) is 0. The fourth-order valence-electron chi connectivity index (χ4n) is 3.56. The molecule has 5 heteroatoms. The van der Waals surface area contributed by atoms with Crippen LogP contribution >= 0.6 is 0 Å². The molecule has 3 heterocycles. The molecule has 0 saturated carbocycles. The van der Waals surface area contributed by atoms with E-state index in [-0.39, 0.29) is 6.23 Å². The minimum Gasteiger partial charge on any atom is -0.399 e. The molecule has 1 aliphatic rings. The van der Waals surface area contributed by atoms with Gasteiger partial charge in [-0.2, -0.15) is 5.10 Å². The Morgan fingerprint density at radius 2 is 2.04 bits per heavy atom. The molecule has 1 saturated heterocycles. The first-order valence-electron chi connectivity index (χ1n) is 9.13. The standard InChI is InChI=1S/C21H24N4O/c1-14-11-15(2)23-17(12-14)7-9-19-18-8-6-16(22)13-20(18)25(24-19)21-5-3-4-10-26-21/h6-9,11-13,21H,3-5,10,22H2,1-2H3/b9-7+. The van der Waals surface area contributed by atoms with Gasteiger partial charge in [0.15, 0.2) is 6.23 Å². The summed E-state index contributed by atoms with van der Waals surface area (Å²) in [6, 6.07) is 10.1. The molecule has 1 aliphatic heterocycles. The number of hydrogen-bond acceptors (Lipinski definition) is 4. The van der Waals surface area contributed by atoms with Gasteiger partial charge in [-0.25, -0.2) is 4.68 Å². The molecule has 1 fully saturated rings. The van der Waals surface area contributed by atoms with Gasteiger partial charge in [0, 0.05) is 23.4 Å². The van der Waals surface area contributed by atoms with Crippen LogP contribution in [0.4, 0.5) is 5.69 Å². The van der Waals surface area contributed by atoms with E-state index in [4.69, 9.17) is 15.6 Å². The molecule has 5 nitrogen and oxygen atoms in total. The van der Waals surface area contributed by atoms with Crippen molar-refractivity contribution in [2.24, 2.45) is 0 Å². The number of nitrogens with zero attached hydrogens (tertiary/aromatic N) is 3. The molecule has 0 aliphatic carbocycles. The Morgan fingerprint density at radius 3 is 2.81 bits per heavy atom. The second-order valence-electron chi connectivity index (χ2n) is 6.97. The molecule has 2 aromatic heterocycles. The van der Waals surface area contributed by atoms with Crippen LogP contribution in [0.2, 0.25) is 0 Å². The summed E-state index contributed by atoms with van der Waals surface area (Å²) >= 11 is 0. The van der Waals surface area contributed by atoms with Crippen molar-refractivity contribution in [2.75, 3.05) is 12.3 Å². The quantitative estimate of drug-likeness (QED) is 0.708. The molecule has 3 aromatic rings. The molecule has 2 N–H and O–H groups in total. The van der Waals surface area contributed by atoms with Gasteiger partial charge >= 0.3 is 0 Å². The fourth-order valence-corrected chi connectivity index (χ4v) is 3.56. The predicted octanol–water partition coefficient (Wildman–Crippen LogP) is 4.50. The van der Waals surface area contributed by atoms with E-state index in [1.165, 1.54) is 5.56 Å². The van der Waals surface area contributed by atoms with Crippen LogP contribution in [0.1, 0.15) is 48.1 Å². The molecule has 0 spiro atoms. The lowest BCUT2D eigenvalue weighted by Crippen LogP contribution is -2.19. The maximum absolute atomic E-state index is 6.02. The number of hydrogen-bond donors (Lipinski definition) is 1. The first-order valence-corrected chi connectivity index (χ1v) is 9.13. The lowest BCUT2D eigenvalue weighted by molar-refractivity contribution is -0.0367. The van der Waals surface area contributed by atoms with Crippen molar-refractivity contribution in [1.29, 1.82) is 0 Å². The van der Waals surface area contributed by atoms with E-state index in [9.17, 15) is 0 Å². The molecular weight excluding hydrogens is 324 g/mol. The van der Waals surface area contributed by atoms with E-state index in [1.807, 2.05) is 42.0 Å². The lowest BCUT2D eigenvalue weighted by Gasteiger charge is -2.23. The molecular formula is C21H24N4O. The summed E-state index contributed by atoms with van der Waals surface area (Å²) < 4.78 is 7.93. The van der Waals surface area contributed by atoms with Crippen molar-refractivity contribution >= 4 is 28.7 Å². The lowest BCUT2D eigenvalue weighted by atomic mass is 10.1. The Labute approximate surface area is 153 Å². The molecule has 0 radical (unpaired) electrons. The Kier molecular flexibility index (Phi) is 4.47. The van der Waals surface area contributed by atoms with Gasteiger partial charge in [0.2, 0.25) is 0 Å². The van der Waals surface area contributed by atoms with E-state index in [0.717, 1.165) is 59.5 Å². The van der Waals surface area contributed by atoms with Gasteiger partial charge in [-0.3, -0.25) is 4.98 Å². The highest BCUT2D eigenvalue weighted by atomic mass is 16.5. The minimum atomic E-state index is -0.0189. The van der Waals surface area contributed by atoms with Gasteiger partial charge in [0.1, 0.15) is 0 Å². The second-order valence-corrected chi connectivity index (χ2v) is 6.97. The second kappa shape index (κ2) is 6.92. The van der Waals surface area contributed by atoms with Gasteiger partial charge in [0.25, 0.3) is 0 Å². The number of anilines is 1. The van der Waals surface area contributed by atoms with Crippen LogP contribution in [0, 0.1) is 13.8 Å². The summed E-state index contributed by atoms with van der Waals surface area (Å²) in [7, 11) is 0. The minimum absolute atomic E-state index is 0.0189. The number of nitrogen functional groups attached to an aromatic ring is 1. The number of rotatable bonds is 3. The highest BCUT2D eigenvalue weighted by molar-refractivity contribution is 5.91. The molecule has 26 heavy (non-hydrogen) atoms. The van der Waals surface area contributed by atoms with Crippen molar-refractivity contribution in [1.82, 2.24) is 14.8 Å². The van der Waals surface area contributed by atoms with Gasteiger partial charge in [-0.05, 0) is 81.2 Å². The van der Waals surface area contributed by atoms with Gasteiger partial charge in [-0.1, -0.05) is 0 Å². The van der Waals surface area contributed by atoms with E-state index >= 15 is 0 Å². The predicted molar refractivity (Wildman–Crippen MR) is 106 cm³/mol. The van der Waals surface area contributed by atoms with Gasteiger partial charge in [-0.15, -0.1) is 0 Å². The van der Waals surface area contributed by atoms with E-state index in [2.05, 4.69) is 24.0 Å². The van der Waals surface area contributed by atoms with Crippen LogP contribution in [-0.2, 0) is 4.74 Å². The van der Waals surface area contributed by atoms with Gasteiger partial charge in [0.05, 0.1) is 16.9 Å². The molecule has 1 unspecified atom stereocenters. The van der Waals surface area contributed by atoms with E-state index in [0.29, 0.717) is 0 Å². The van der Waals surface area contributed by atoms with Crippen LogP contribution in [-0.4, -0.2) is 21.4 Å². The van der Waals surface area contributed by atoms with E-state index < -0.39 is 0 Å². The molecule has 1 aromatic carbocycles. The number of aryl methyl sites for hydroxylation is 2. The number of pyridine rings is 1. The third-order valence-electron chi connectivity index (χ3n) is 4.72. The SMILES string of the molecule is Cc1cc(C)nc(/C=C/c2nn(C3CCCCO3)c3cc(N)ccc23)c1. The molecule has 134 valence electrons. The first kappa shape index (κ1) is 16.8. The van der Waals surface area contributed by atoms with Crippen molar-refractivity contribution in [3.05, 3.63) is 53.0 Å². The average Bonchev–Trinajstić information content (AvgIpc) is 2.98. The molecule has 4 rings (SSSR count). The zero-order valence-corrected chi connectivity index (χ0v) is 15.3. The summed E-state index contributed by atoms with van der Waals surface area (Å²) in [5, 5.41) is 5.91. The fraction of sp³-hybridized carbons (Fsp3) is 0.333. The van der Waals surface area contributed by atoms with Crippen LogP contribution in [0.3, 0.4) is 0 Å². The van der Waals surface area contributed by atoms with Crippen molar-refractivity contribution in [3.63, 3.8) is 0 Å². The zero-order chi connectivity index (χ0) is 18.1. The maximum Gasteiger partial charge on any atom is 0.150 e. The molecule has 1 atom stereocenters. The van der Waals surface area contributed by atoms with Crippen LogP contribution in [0.5, 0.6) is 0 Å². The highest BCUT2D eigenvalue weighted by Gasteiger charge is 2.20. The summed E-state index contributed by atoms with van der Waals surface area (Å²) in [6.07, 6.45) is 7.28. The Bertz CT molecular complexity index is 947. The first-order chi connectivity index (χ1) is 12.6. The monoisotopic (exact) mass is 348 g/mol. The maximum atomic E-state index is 6.02. The number of fused-ring (bicyclic) bond motifs is 1. The summed E-state index contributed by atoms with van der Waals surface area (Å²) in [4.78, 5) is 4.57. The van der Waals surface area contributed by atoms with Crippen LogP contribution < -0.4 is 5.73 Å².